The molecule has 2 N–H and O–H groups in total. The SMILES string of the molecule is COCCN(C)CCNC(=O)C(C)(C)O. The van der Waals surface area contributed by atoms with E-state index in [1.807, 2.05) is 11.9 Å². The lowest BCUT2D eigenvalue weighted by atomic mass is 10.1. The second kappa shape index (κ2) is 6.76. The normalized spacial score (nSPS) is 11.9. The van der Waals surface area contributed by atoms with Crippen molar-refractivity contribution in [3.8, 4) is 0 Å². The van der Waals surface area contributed by atoms with Crippen LogP contribution in [0.15, 0.2) is 0 Å². The van der Waals surface area contributed by atoms with Crippen LogP contribution in [0.2, 0.25) is 0 Å². The first-order chi connectivity index (χ1) is 6.88. The van der Waals surface area contributed by atoms with E-state index < -0.39 is 5.60 Å². The van der Waals surface area contributed by atoms with Gasteiger partial charge in [0.05, 0.1) is 6.61 Å². The van der Waals surface area contributed by atoms with Crippen LogP contribution in [0.3, 0.4) is 0 Å². The summed E-state index contributed by atoms with van der Waals surface area (Å²) in [6.45, 7) is 5.72. The summed E-state index contributed by atoms with van der Waals surface area (Å²) in [7, 11) is 3.61. The lowest BCUT2D eigenvalue weighted by molar-refractivity contribution is -0.136. The van der Waals surface area contributed by atoms with Crippen LogP contribution in [0.25, 0.3) is 0 Å². The number of nitrogens with zero attached hydrogens (tertiary/aromatic N) is 1. The van der Waals surface area contributed by atoms with Crippen molar-refractivity contribution >= 4 is 5.91 Å². The van der Waals surface area contributed by atoms with Gasteiger partial charge in [0.15, 0.2) is 0 Å². The van der Waals surface area contributed by atoms with Gasteiger partial charge in [-0.1, -0.05) is 0 Å². The summed E-state index contributed by atoms with van der Waals surface area (Å²) in [6.07, 6.45) is 0. The molecule has 0 bridgehead atoms. The first-order valence-corrected chi connectivity index (χ1v) is 5.06. The highest BCUT2D eigenvalue weighted by molar-refractivity contribution is 5.83. The van der Waals surface area contributed by atoms with Crippen molar-refractivity contribution in [3.05, 3.63) is 0 Å². The Morgan fingerprint density at radius 2 is 2.07 bits per heavy atom. The number of ether oxygens (including phenoxy) is 1. The van der Waals surface area contributed by atoms with Crippen molar-refractivity contribution < 1.29 is 14.6 Å². The quantitative estimate of drug-likeness (QED) is 0.602. The fraction of sp³-hybridized carbons (Fsp3) is 0.900. The number of hydrogen-bond donors (Lipinski definition) is 2. The van der Waals surface area contributed by atoms with Gasteiger partial charge in [-0.3, -0.25) is 4.79 Å². The van der Waals surface area contributed by atoms with Crippen LogP contribution in [0.4, 0.5) is 0 Å². The fourth-order valence-corrected chi connectivity index (χ4v) is 0.936. The van der Waals surface area contributed by atoms with Crippen LogP contribution in [-0.2, 0) is 9.53 Å². The van der Waals surface area contributed by atoms with E-state index >= 15 is 0 Å². The summed E-state index contributed by atoms with van der Waals surface area (Å²) in [5.41, 5.74) is -1.30. The molecule has 0 unspecified atom stereocenters. The van der Waals surface area contributed by atoms with E-state index in [1.54, 1.807) is 7.11 Å². The molecule has 0 saturated heterocycles. The number of carbonyl (C=O) groups is 1. The minimum Gasteiger partial charge on any atom is -0.383 e. The molecule has 0 heterocycles. The number of rotatable bonds is 7. The summed E-state index contributed by atoms with van der Waals surface area (Å²) in [5.74, 6) is -0.345. The summed E-state index contributed by atoms with van der Waals surface area (Å²) < 4.78 is 4.93. The Balaban J connectivity index is 3.57. The maximum Gasteiger partial charge on any atom is 0.251 e. The van der Waals surface area contributed by atoms with Gasteiger partial charge < -0.3 is 20.1 Å². The zero-order valence-electron chi connectivity index (χ0n) is 10.0. The largest absolute Gasteiger partial charge is 0.383 e. The van der Waals surface area contributed by atoms with Crippen LogP contribution >= 0.6 is 0 Å². The fourth-order valence-electron chi connectivity index (χ4n) is 0.936. The maximum absolute atomic E-state index is 11.3. The van der Waals surface area contributed by atoms with Crippen LogP contribution in [0.5, 0.6) is 0 Å². The number of nitrogens with one attached hydrogen (secondary N) is 1. The average Bonchev–Trinajstić information content (AvgIpc) is 2.13. The number of carbonyl (C=O) groups excluding carboxylic acids is 1. The molecule has 0 spiro atoms. The Bertz CT molecular complexity index is 190. The Morgan fingerprint density at radius 1 is 1.47 bits per heavy atom. The zero-order valence-corrected chi connectivity index (χ0v) is 10.0. The van der Waals surface area contributed by atoms with E-state index in [2.05, 4.69) is 5.32 Å². The maximum atomic E-state index is 11.3. The van der Waals surface area contributed by atoms with Crippen LogP contribution < -0.4 is 5.32 Å². The predicted octanol–water partition coefficient (Wildman–Crippen LogP) is -0.548. The third kappa shape index (κ3) is 7.30. The predicted molar refractivity (Wildman–Crippen MR) is 58.7 cm³/mol. The van der Waals surface area contributed by atoms with Crippen molar-refractivity contribution in [2.24, 2.45) is 0 Å². The molecule has 0 aromatic carbocycles. The molecule has 90 valence electrons. The minimum atomic E-state index is -1.30. The molecule has 0 aromatic heterocycles. The number of hydrogen-bond acceptors (Lipinski definition) is 4. The number of aliphatic hydroxyl groups is 1. The minimum absolute atomic E-state index is 0.345. The molecule has 1 amide bonds. The third-order valence-corrected chi connectivity index (χ3v) is 2.01. The van der Waals surface area contributed by atoms with Gasteiger partial charge in [-0.2, -0.15) is 0 Å². The van der Waals surface area contributed by atoms with Crippen LogP contribution in [0, 0.1) is 0 Å². The van der Waals surface area contributed by atoms with E-state index in [9.17, 15) is 9.90 Å². The van der Waals surface area contributed by atoms with Crippen molar-refractivity contribution in [1.82, 2.24) is 10.2 Å². The topological polar surface area (TPSA) is 61.8 Å². The molecule has 0 radical (unpaired) electrons. The van der Waals surface area contributed by atoms with Crippen LogP contribution in [0.1, 0.15) is 13.8 Å². The van der Waals surface area contributed by atoms with Gasteiger partial charge in [-0.25, -0.2) is 0 Å². The third-order valence-electron chi connectivity index (χ3n) is 2.01. The van der Waals surface area contributed by atoms with Gasteiger partial charge in [-0.15, -0.1) is 0 Å². The molecule has 0 aliphatic carbocycles. The lowest BCUT2D eigenvalue weighted by Gasteiger charge is -2.19. The highest BCUT2D eigenvalue weighted by Crippen LogP contribution is 1.99. The van der Waals surface area contributed by atoms with E-state index in [4.69, 9.17) is 4.74 Å². The van der Waals surface area contributed by atoms with Crippen molar-refractivity contribution in [3.63, 3.8) is 0 Å². The molecule has 0 atom stereocenters. The summed E-state index contributed by atoms with van der Waals surface area (Å²) in [5, 5.41) is 12.0. The Kier molecular flexibility index (Phi) is 6.47. The molecule has 0 aliphatic rings. The Labute approximate surface area is 91.4 Å². The molecule has 0 rings (SSSR count). The van der Waals surface area contributed by atoms with Gasteiger partial charge in [0.25, 0.3) is 5.91 Å². The molecular formula is C10H22N2O3. The molecule has 15 heavy (non-hydrogen) atoms. The average molecular weight is 218 g/mol. The summed E-state index contributed by atoms with van der Waals surface area (Å²) in [4.78, 5) is 13.3. The Hall–Kier alpha value is -0.650. The van der Waals surface area contributed by atoms with E-state index in [1.165, 1.54) is 13.8 Å². The highest BCUT2D eigenvalue weighted by Gasteiger charge is 2.22. The van der Waals surface area contributed by atoms with Gasteiger partial charge in [0.1, 0.15) is 5.60 Å². The molecule has 0 fully saturated rings. The van der Waals surface area contributed by atoms with Gasteiger partial charge >= 0.3 is 0 Å². The number of methoxy groups -OCH3 is 1. The molecule has 0 aliphatic heterocycles. The van der Waals surface area contributed by atoms with Gasteiger partial charge in [-0.05, 0) is 20.9 Å². The molecule has 5 heteroatoms. The van der Waals surface area contributed by atoms with Gasteiger partial charge in [0.2, 0.25) is 0 Å². The number of amides is 1. The molecule has 0 saturated carbocycles. The smallest absolute Gasteiger partial charge is 0.251 e. The summed E-state index contributed by atoms with van der Waals surface area (Å²) >= 11 is 0. The number of likely N-dealkylation sites (N-methyl/N-ethyl adjacent to an activating group) is 1. The molecule has 0 aromatic rings. The van der Waals surface area contributed by atoms with Crippen molar-refractivity contribution in [2.75, 3.05) is 40.4 Å². The second-order valence-corrected chi connectivity index (χ2v) is 4.11. The van der Waals surface area contributed by atoms with Crippen LogP contribution in [-0.4, -0.2) is 61.9 Å². The van der Waals surface area contributed by atoms with E-state index in [0.29, 0.717) is 13.2 Å². The van der Waals surface area contributed by atoms with Crippen molar-refractivity contribution in [1.29, 1.82) is 0 Å². The van der Waals surface area contributed by atoms with E-state index in [0.717, 1.165) is 13.1 Å². The monoisotopic (exact) mass is 218 g/mol. The first kappa shape index (κ1) is 14.3. The van der Waals surface area contributed by atoms with Gasteiger partial charge in [0, 0.05) is 26.7 Å². The molecule has 5 nitrogen and oxygen atoms in total. The van der Waals surface area contributed by atoms with E-state index in [-0.39, 0.29) is 5.91 Å². The Morgan fingerprint density at radius 3 is 2.53 bits per heavy atom. The lowest BCUT2D eigenvalue weighted by Crippen LogP contribution is -2.44. The van der Waals surface area contributed by atoms with Crippen molar-refractivity contribution in [2.45, 2.75) is 19.4 Å². The first-order valence-electron chi connectivity index (χ1n) is 5.06. The summed E-state index contributed by atoms with van der Waals surface area (Å²) in [6, 6.07) is 0. The zero-order chi connectivity index (χ0) is 11.9. The second-order valence-electron chi connectivity index (χ2n) is 4.11. The highest BCUT2D eigenvalue weighted by atomic mass is 16.5. The standard InChI is InChI=1S/C10H22N2O3/c1-10(2,14)9(13)11-5-6-12(3)7-8-15-4/h14H,5-8H2,1-4H3,(H,11,13). The molecular weight excluding hydrogens is 196 g/mol.